The summed E-state index contributed by atoms with van der Waals surface area (Å²) in [6.07, 6.45) is 0. The molecule has 0 atom stereocenters. The number of rotatable bonds is 7. The van der Waals surface area contributed by atoms with Crippen LogP contribution in [-0.4, -0.2) is 69.1 Å². The van der Waals surface area contributed by atoms with Crippen molar-refractivity contribution in [3.05, 3.63) is 59.7 Å². The molecule has 1 aliphatic rings. The molecule has 0 unspecified atom stereocenters. The van der Waals surface area contributed by atoms with Crippen LogP contribution in [0.5, 0.6) is 5.75 Å². The predicted octanol–water partition coefficient (Wildman–Crippen LogP) is 1.85. The summed E-state index contributed by atoms with van der Waals surface area (Å²) in [5.74, 6) is 0.480. The van der Waals surface area contributed by atoms with Gasteiger partial charge in [0.25, 0.3) is 5.91 Å². The zero-order chi connectivity index (χ0) is 22.4. The Bertz CT molecular complexity index is 1040. The van der Waals surface area contributed by atoms with Crippen molar-refractivity contribution in [2.75, 3.05) is 39.8 Å². The zero-order valence-electron chi connectivity index (χ0n) is 18.0. The number of hydrazone groups is 1. The molecule has 1 N–H and O–H groups in total. The topological polar surface area (TPSA) is 91.3 Å². The van der Waals surface area contributed by atoms with Crippen molar-refractivity contribution in [3.8, 4) is 5.75 Å². The quantitative estimate of drug-likeness (QED) is 0.520. The molecule has 3 rings (SSSR count). The molecule has 1 saturated heterocycles. The van der Waals surface area contributed by atoms with Crippen LogP contribution in [0.2, 0.25) is 0 Å². The lowest BCUT2D eigenvalue weighted by atomic mass is 10.1. The van der Waals surface area contributed by atoms with Crippen LogP contribution in [-0.2, 0) is 14.8 Å². The third-order valence-electron chi connectivity index (χ3n) is 5.19. The number of methoxy groups -OCH3 is 1. The van der Waals surface area contributed by atoms with Crippen LogP contribution >= 0.6 is 0 Å². The van der Waals surface area contributed by atoms with E-state index >= 15 is 0 Å². The molecule has 1 heterocycles. The molecule has 166 valence electrons. The maximum Gasteiger partial charge on any atom is 0.254 e. The number of amides is 1. The van der Waals surface area contributed by atoms with Crippen LogP contribution in [0.15, 0.2) is 58.5 Å². The highest BCUT2D eigenvalue weighted by atomic mass is 32.2. The Morgan fingerprint density at radius 3 is 2.42 bits per heavy atom. The summed E-state index contributed by atoms with van der Waals surface area (Å²) in [5.41, 5.74) is 5.11. The molecule has 2 aromatic rings. The van der Waals surface area contributed by atoms with Crippen LogP contribution in [0, 0.1) is 6.92 Å². The Morgan fingerprint density at radius 1 is 1.10 bits per heavy atom. The molecule has 0 aromatic heterocycles. The molecule has 1 amide bonds. The van der Waals surface area contributed by atoms with Crippen molar-refractivity contribution in [2.45, 2.75) is 18.7 Å². The van der Waals surface area contributed by atoms with E-state index in [1.54, 1.807) is 31.4 Å². The van der Waals surface area contributed by atoms with Gasteiger partial charge in [-0.25, -0.2) is 13.8 Å². The number of aryl methyl sites for hydroxylation is 1. The minimum atomic E-state index is -3.51. The summed E-state index contributed by atoms with van der Waals surface area (Å²) in [5, 5.41) is 4.16. The van der Waals surface area contributed by atoms with E-state index in [0.717, 1.165) is 16.9 Å². The van der Waals surface area contributed by atoms with Crippen LogP contribution in [0.3, 0.4) is 0 Å². The van der Waals surface area contributed by atoms with Crippen LogP contribution in [0.4, 0.5) is 0 Å². The summed E-state index contributed by atoms with van der Waals surface area (Å²) in [7, 11) is -1.92. The second-order valence-corrected chi connectivity index (χ2v) is 9.40. The molecule has 31 heavy (non-hydrogen) atoms. The maximum absolute atomic E-state index is 12.8. The second kappa shape index (κ2) is 10.0. The van der Waals surface area contributed by atoms with Crippen LogP contribution in [0.25, 0.3) is 0 Å². The first-order valence-electron chi connectivity index (χ1n) is 10.1. The molecular formula is C22H28N4O4S. The molecule has 1 aliphatic heterocycles. The highest BCUT2D eigenvalue weighted by Crippen LogP contribution is 2.18. The second-order valence-electron chi connectivity index (χ2n) is 7.46. The molecule has 9 heteroatoms. The lowest BCUT2D eigenvalue weighted by Crippen LogP contribution is -2.50. The van der Waals surface area contributed by atoms with Gasteiger partial charge in [-0.15, -0.1) is 0 Å². The highest BCUT2D eigenvalue weighted by molar-refractivity contribution is 7.89. The van der Waals surface area contributed by atoms with Crippen molar-refractivity contribution >= 4 is 21.6 Å². The lowest BCUT2D eigenvalue weighted by Gasteiger charge is -2.33. The Hall–Kier alpha value is -2.75. The van der Waals surface area contributed by atoms with Gasteiger partial charge in [-0.05, 0) is 38.1 Å². The van der Waals surface area contributed by atoms with Gasteiger partial charge in [0.2, 0.25) is 10.0 Å². The summed E-state index contributed by atoms with van der Waals surface area (Å²) in [4.78, 5) is 14.5. The summed E-state index contributed by atoms with van der Waals surface area (Å²) >= 11 is 0. The van der Waals surface area contributed by atoms with Gasteiger partial charge in [0.05, 0.1) is 24.3 Å². The largest absolute Gasteiger partial charge is 0.497 e. The zero-order valence-corrected chi connectivity index (χ0v) is 18.9. The number of benzene rings is 2. The molecular weight excluding hydrogens is 416 g/mol. The molecule has 0 saturated carbocycles. The number of hydrogen-bond acceptors (Lipinski definition) is 6. The average Bonchev–Trinajstić information content (AvgIpc) is 2.78. The SMILES string of the molecule is COc1cccc(/C(C)=N/NC(=O)CN2CCN(S(=O)(=O)c3ccc(C)cc3)CC2)c1. The highest BCUT2D eigenvalue weighted by Gasteiger charge is 2.28. The van der Waals surface area contributed by atoms with E-state index in [4.69, 9.17) is 4.74 Å². The number of carbonyl (C=O) groups is 1. The van der Waals surface area contributed by atoms with E-state index in [1.807, 2.05) is 43.0 Å². The number of piperazine rings is 1. The van der Waals surface area contributed by atoms with E-state index in [2.05, 4.69) is 10.5 Å². The Kier molecular flexibility index (Phi) is 7.42. The number of nitrogens with zero attached hydrogens (tertiary/aromatic N) is 3. The fourth-order valence-corrected chi connectivity index (χ4v) is 4.71. The first-order chi connectivity index (χ1) is 14.8. The predicted molar refractivity (Wildman–Crippen MR) is 120 cm³/mol. The minimum absolute atomic E-state index is 0.160. The minimum Gasteiger partial charge on any atom is -0.497 e. The van der Waals surface area contributed by atoms with E-state index in [0.29, 0.717) is 36.8 Å². The van der Waals surface area contributed by atoms with Gasteiger partial charge in [-0.3, -0.25) is 9.69 Å². The summed E-state index contributed by atoms with van der Waals surface area (Å²) < 4.78 is 32.2. The fraction of sp³-hybridized carbons (Fsp3) is 0.364. The summed E-state index contributed by atoms with van der Waals surface area (Å²) in [6.45, 7) is 5.54. The van der Waals surface area contributed by atoms with Gasteiger partial charge in [0.15, 0.2) is 0 Å². The van der Waals surface area contributed by atoms with Gasteiger partial charge in [-0.2, -0.15) is 9.41 Å². The van der Waals surface area contributed by atoms with Crippen LogP contribution < -0.4 is 10.2 Å². The summed E-state index contributed by atoms with van der Waals surface area (Å²) in [6, 6.07) is 14.3. The molecule has 0 radical (unpaired) electrons. The van der Waals surface area contributed by atoms with E-state index < -0.39 is 10.0 Å². The van der Waals surface area contributed by atoms with E-state index in [9.17, 15) is 13.2 Å². The van der Waals surface area contributed by atoms with Crippen LogP contribution in [0.1, 0.15) is 18.1 Å². The van der Waals surface area contributed by atoms with E-state index in [1.165, 1.54) is 4.31 Å². The maximum atomic E-state index is 12.8. The van der Waals surface area contributed by atoms with Gasteiger partial charge >= 0.3 is 0 Å². The Balaban J connectivity index is 1.51. The molecule has 0 spiro atoms. The van der Waals surface area contributed by atoms with E-state index in [-0.39, 0.29) is 12.5 Å². The van der Waals surface area contributed by atoms with Gasteiger partial charge < -0.3 is 4.74 Å². The number of carbonyl (C=O) groups excluding carboxylic acids is 1. The molecule has 8 nitrogen and oxygen atoms in total. The number of nitrogens with one attached hydrogen (secondary N) is 1. The molecule has 0 aliphatic carbocycles. The first-order valence-corrected chi connectivity index (χ1v) is 11.5. The Morgan fingerprint density at radius 2 is 1.77 bits per heavy atom. The van der Waals surface area contributed by atoms with Crippen molar-refractivity contribution in [1.82, 2.24) is 14.6 Å². The van der Waals surface area contributed by atoms with Crippen molar-refractivity contribution < 1.29 is 17.9 Å². The smallest absolute Gasteiger partial charge is 0.254 e. The van der Waals surface area contributed by atoms with Gasteiger partial charge in [0, 0.05) is 31.7 Å². The van der Waals surface area contributed by atoms with Crippen molar-refractivity contribution in [1.29, 1.82) is 0 Å². The van der Waals surface area contributed by atoms with Crippen molar-refractivity contribution in [3.63, 3.8) is 0 Å². The van der Waals surface area contributed by atoms with Crippen molar-refractivity contribution in [2.24, 2.45) is 5.10 Å². The number of sulfonamides is 1. The average molecular weight is 445 g/mol. The fourth-order valence-electron chi connectivity index (χ4n) is 3.28. The molecule has 0 bridgehead atoms. The normalized spacial score (nSPS) is 16.2. The molecule has 2 aromatic carbocycles. The first kappa shape index (κ1) is 22.9. The Labute approximate surface area is 183 Å². The third-order valence-corrected chi connectivity index (χ3v) is 7.11. The van der Waals surface area contributed by atoms with Gasteiger partial charge in [-0.1, -0.05) is 29.8 Å². The number of hydrogen-bond donors (Lipinski definition) is 1. The number of ether oxygens (including phenoxy) is 1. The molecule has 1 fully saturated rings. The monoisotopic (exact) mass is 444 g/mol. The van der Waals surface area contributed by atoms with Gasteiger partial charge in [0.1, 0.15) is 5.75 Å². The third kappa shape index (κ3) is 5.90. The standard InChI is InChI=1S/C22H28N4O4S/c1-17-7-9-21(10-8-17)31(28,29)26-13-11-25(12-14-26)16-22(27)24-23-18(2)19-5-4-6-20(15-19)30-3/h4-10,15H,11-14,16H2,1-3H3,(H,24,27)/b23-18+. The lowest BCUT2D eigenvalue weighted by molar-refractivity contribution is -0.122.